The van der Waals surface area contributed by atoms with Gasteiger partial charge in [0.15, 0.2) is 0 Å². The van der Waals surface area contributed by atoms with Gasteiger partial charge in [0.05, 0.1) is 11.9 Å². The zero-order chi connectivity index (χ0) is 11.4. The molecule has 16 heavy (non-hydrogen) atoms. The summed E-state index contributed by atoms with van der Waals surface area (Å²) in [6.45, 7) is 0.957. The van der Waals surface area contributed by atoms with Crippen molar-refractivity contribution in [1.82, 2.24) is 14.9 Å². The Morgan fingerprint density at radius 2 is 2.00 bits per heavy atom. The first-order valence-electron chi connectivity index (χ1n) is 5.53. The van der Waals surface area contributed by atoms with Crippen molar-refractivity contribution in [1.29, 1.82) is 0 Å². The molecule has 0 spiro atoms. The number of likely N-dealkylation sites (N-methyl/N-ethyl adjacent to an activating group) is 1. The normalized spacial score (nSPS) is 10.6. The first kappa shape index (κ1) is 10.9. The van der Waals surface area contributed by atoms with Crippen LogP contribution in [0, 0.1) is 0 Å². The van der Waals surface area contributed by atoms with Gasteiger partial charge in [-0.3, -0.25) is 0 Å². The number of benzene rings is 1. The molecule has 1 aromatic heterocycles. The van der Waals surface area contributed by atoms with Crippen LogP contribution in [0.1, 0.15) is 5.82 Å². The van der Waals surface area contributed by atoms with Gasteiger partial charge in [-0.15, -0.1) is 0 Å². The van der Waals surface area contributed by atoms with Crippen LogP contribution in [0.3, 0.4) is 0 Å². The summed E-state index contributed by atoms with van der Waals surface area (Å²) < 4.78 is 2.16. The van der Waals surface area contributed by atoms with Crippen molar-refractivity contribution in [2.24, 2.45) is 7.05 Å². The van der Waals surface area contributed by atoms with Crippen molar-refractivity contribution in [3.63, 3.8) is 0 Å². The van der Waals surface area contributed by atoms with Crippen molar-refractivity contribution >= 4 is 0 Å². The average Bonchev–Trinajstić information content (AvgIpc) is 2.69. The Labute approximate surface area is 96.1 Å². The second kappa shape index (κ2) is 4.94. The minimum Gasteiger partial charge on any atom is -0.331 e. The van der Waals surface area contributed by atoms with Gasteiger partial charge in [-0.25, -0.2) is 4.98 Å². The highest BCUT2D eigenvalue weighted by Crippen LogP contribution is 2.19. The van der Waals surface area contributed by atoms with Gasteiger partial charge in [0, 0.05) is 20.0 Å². The highest BCUT2D eigenvalue weighted by Gasteiger charge is 2.07. The van der Waals surface area contributed by atoms with E-state index in [1.165, 1.54) is 11.3 Å². The van der Waals surface area contributed by atoms with E-state index >= 15 is 0 Å². The van der Waals surface area contributed by atoms with Gasteiger partial charge < -0.3 is 9.88 Å². The van der Waals surface area contributed by atoms with E-state index in [-0.39, 0.29) is 0 Å². The van der Waals surface area contributed by atoms with Gasteiger partial charge in [-0.05, 0) is 12.6 Å². The third-order valence-electron chi connectivity index (χ3n) is 2.75. The molecule has 0 radical (unpaired) electrons. The minimum absolute atomic E-state index is 0.957. The van der Waals surface area contributed by atoms with E-state index in [0.717, 1.165) is 18.8 Å². The lowest BCUT2D eigenvalue weighted by Gasteiger charge is -2.05. The van der Waals surface area contributed by atoms with Crippen LogP contribution in [0.15, 0.2) is 36.5 Å². The summed E-state index contributed by atoms with van der Waals surface area (Å²) >= 11 is 0. The third kappa shape index (κ3) is 2.14. The molecule has 0 fully saturated rings. The highest BCUT2D eigenvalue weighted by molar-refractivity contribution is 5.58. The van der Waals surface area contributed by atoms with E-state index in [2.05, 4.69) is 46.2 Å². The fraction of sp³-hybridized carbons (Fsp3) is 0.308. The molecule has 0 unspecified atom stereocenters. The molecule has 1 heterocycles. The summed E-state index contributed by atoms with van der Waals surface area (Å²) in [4.78, 5) is 4.45. The van der Waals surface area contributed by atoms with Crippen LogP contribution in [-0.2, 0) is 13.5 Å². The first-order chi connectivity index (χ1) is 7.83. The number of aromatic nitrogens is 2. The van der Waals surface area contributed by atoms with Gasteiger partial charge in [-0.2, -0.15) is 0 Å². The molecule has 0 atom stereocenters. The number of nitrogens with one attached hydrogen (secondary N) is 1. The number of nitrogens with zero attached hydrogens (tertiary/aromatic N) is 2. The summed E-state index contributed by atoms with van der Waals surface area (Å²) in [6.07, 6.45) is 2.90. The second-order valence-corrected chi connectivity index (χ2v) is 3.84. The second-order valence-electron chi connectivity index (χ2n) is 3.84. The number of rotatable bonds is 4. The zero-order valence-corrected chi connectivity index (χ0v) is 9.77. The summed E-state index contributed by atoms with van der Waals surface area (Å²) in [5.74, 6) is 1.12. The molecule has 84 valence electrons. The van der Waals surface area contributed by atoms with Gasteiger partial charge in [0.25, 0.3) is 0 Å². The Balaban J connectivity index is 2.27. The summed E-state index contributed by atoms with van der Waals surface area (Å²) in [6, 6.07) is 10.4. The van der Waals surface area contributed by atoms with E-state index in [0.29, 0.717) is 0 Å². The Hall–Kier alpha value is -1.61. The predicted octanol–water partition coefficient (Wildman–Crippen LogP) is 1.85. The van der Waals surface area contributed by atoms with Crippen LogP contribution in [0.2, 0.25) is 0 Å². The Morgan fingerprint density at radius 1 is 1.25 bits per heavy atom. The third-order valence-corrected chi connectivity index (χ3v) is 2.75. The maximum atomic E-state index is 4.45. The van der Waals surface area contributed by atoms with Crippen molar-refractivity contribution in [3.8, 4) is 11.3 Å². The molecule has 2 rings (SSSR count). The van der Waals surface area contributed by atoms with Crippen LogP contribution in [0.4, 0.5) is 0 Å². The van der Waals surface area contributed by atoms with Crippen LogP contribution >= 0.6 is 0 Å². The van der Waals surface area contributed by atoms with Crippen LogP contribution < -0.4 is 5.32 Å². The quantitative estimate of drug-likeness (QED) is 0.843. The molecule has 1 aromatic carbocycles. The fourth-order valence-electron chi connectivity index (χ4n) is 1.79. The van der Waals surface area contributed by atoms with Crippen molar-refractivity contribution in [3.05, 3.63) is 42.4 Å². The molecule has 0 amide bonds. The monoisotopic (exact) mass is 215 g/mol. The molecular formula is C13H17N3. The highest BCUT2D eigenvalue weighted by atomic mass is 15.1. The molecule has 2 aromatic rings. The molecule has 3 nitrogen and oxygen atoms in total. The van der Waals surface area contributed by atoms with Crippen molar-refractivity contribution in [2.45, 2.75) is 6.42 Å². The predicted molar refractivity (Wildman–Crippen MR) is 66.3 cm³/mol. The SMILES string of the molecule is CNCCc1ncc(-c2ccccc2)n1C. The number of hydrogen-bond donors (Lipinski definition) is 1. The molecule has 1 N–H and O–H groups in total. The maximum Gasteiger partial charge on any atom is 0.110 e. The van der Waals surface area contributed by atoms with E-state index in [1.807, 2.05) is 19.3 Å². The van der Waals surface area contributed by atoms with Gasteiger partial charge in [0.1, 0.15) is 5.82 Å². The molecule has 3 heteroatoms. The molecule has 0 aliphatic rings. The largest absolute Gasteiger partial charge is 0.331 e. The molecule has 0 saturated heterocycles. The summed E-state index contributed by atoms with van der Waals surface area (Å²) in [7, 11) is 4.03. The van der Waals surface area contributed by atoms with E-state index in [9.17, 15) is 0 Å². The zero-order valence-electron chi connectivity index (χ0n) is 9.77. The minimum atomic E-state index is 0.957. The van der Waals surface area contributed by atoms with Crippen LogP contribution in [-0.4, -0.2) is 23.1 Å². The lowest BCUT2D eigenvalue weighted by molar-refractivity contribution is 0.720. The summed E-state index contributed by atoms with van der Waals surface area (Å²) in [5, 5.41) is 3.14. The number of hydrogen-bond acceptors (Lipinski definition) is 2. The molecular weight excluding hydrogens is 198 g/mol. The molecule has 0 aliphatic carbocycles. The van der Waals surface area contributed by atoms with Gasteiger partial charge in [0.2, 0.25) is 0 Å². The van der Waals surface area contributed by atoms with Gasteiger partial charge >= 0.3 is 0 Å². The maximum absolute atomic E-state index is 4.45. The molecule has 0 saturated carbocycles. The lowest BCUT2D eigenvalue weighted by atomic mass is 10.2. The van der Waals surface area contributed by atoms with E-state index < -0.39 is 0 Å². The fourth-order valence-corrected chi connectivity index (χ4v) is 1.79. The van der Waals surface area contributed by atoms with Crippen molar-refractivity contribution in [2.75, 3.05) is 13.6 Å². The van der Waals surface area contributed by atoms with Gasteiger partial charge in [-0.1, -0.05) is 30.3 Å². The molecule has 0 bridgehead atoms. The Morgan fingerprint density at radius 3 is 2.69 bits per heavy atom. The topological polar surface area (TPSA) is 29.9 Å². The van der Waals surface area contributed by atoms with Crippen molar-refractivity contribution < 1.29 is 0 Å². The van der Waals surface area contributed by atoms with Crippen LogP contribution in [0.25, 0.3) is 11.3 Å². The lowest BCUT2D eigenvalue weighted by Crippen LogP contribution is -2.13. The van der Waals surface area contributed by atoms with E-state index in [1.54, 1.807) is 0 Å². The first-order valence-corrected chi connectivity index (χ1v) is 5.53. The molecule has 0 aliphatic heterocycles. The average molecular weight is 215 g/mol. The van der Waals surface area contributed by atoms with E-state index in [4.69, 9.17) is 0 Å². The number of imidazole rings is 1. The Bertz CT molecular complexity index is 445. The smallest absolute Gasteiger partial charge is 0.110 e. The Kier molecular flexibility index (Phi) is 3.37. The standard InChI is InChI=1S/C13H17N3/c1-14-9-8-13-15-10-12(16(13)2)11-6-4-3-5-7-11/h3-7,10,14H,8-9H2,1-2H3. The van der Waals surface area contributed by atoms with Crippen LogP contribution in [0.5, 0.6) is 0 Å². The summed E-state index contributed by atoms with van der Waals surface area (Å²) in [5.41, 5.74) is 2.39.